The van der Waals surface area contributed by atoms with Crippen molar-refractivity contribution in [2.75, 3.05) is 12.4 Å². The Morgan fingerprint density at radius 2 is 1.88 bits per heavy atom. The van der Waals surface area contributed by atoms with Crippen LogP contribution in [0.25, 0.3) is 0 Å². The second-order valence-electron chi connectivity index (χ2n) is 6.93. The van der Waals surface area contributed by atoms with E-state index in [0.29, 0.717) is 35.5 Å². The predicted molar refractivity (Wildman–Crippen MR) is 139 cm³/mol. The summed E-state index contributed by atoms with van der Waals surface area (Å²) in [6, 6.07) is 21.0. The van der Waals surface area contributed by atoms with E-state index in [0.717, 1.165) is 26.9 Å². The first-order chi connectivity index (χ1) is 16.0. The molecule has 8 heteroatoms. The quantitative estimate of drug-likeness (QED) is 0.221. The maximum atomic E-state index is 12.1. The Kier molecular flexibility index (Phi) is 10.1. The molecule has 0 aliphatic rings. The average molecular weight is 548 g/mol. The van der Waals surface area contributed by atoms with Crippen molar-refractivity contribution in [3.8, 4) is 11.5 Å². The number of hydrogen-bond acceptors (Lipinski definition) is 5. The van der Waals surface area contributed by atoms with Gasteiger partial charge in [-0.1, -0.05) is 57.9 Å². The lowest BCUT2D eigenvalue weighted by atomic mass is 10.2. The number of benzene rings is 3. The van der Waals surface area contributed by atoms with Crippen LogP contribution >= 0.6 is 39.3 Å². The molecule has 33 heavy (non-hydrogen) atoms. The Hall–Kier alpha value is -2.48. The number of halogens is 2. The molecule has 0 saturated heterocycles. The van der Waals surface area contributed by atoms with Crippen LogP contribution in [0.5, 0.6) is 11.5 Å². The summed E-state index contributed by atoms with van der Waals surface area (Å²) >= 11 is 11.0. The number of thioether (sulfide) groups is 1. The van der Waals surface area contributed by atoms with E-state index in [4.69, 9.17) is 21.1 Å². The minimum atomic E-state index is -0.156. The number of nitrogens with one attached hydrogen (secondary N) is 1. The molecule has 1 N–H and O–H groups in total. The third-order valence-electron chi connectivity index (χ3n) is 4.43. The van der Waals surface area contributed by atoms with Gasteiger partial charge in [-0.2, -0.15) is 5.10 Å². The molecule has 0 aromatic heterocycles. The Balaban J connectivity index is 1.50. The minimum Gasteiger partial charge on any atom is -0.490 e. The summed E-state index contributed by atoms with van der Waals surface area (Å²) in [5, 5.41) is 4.75. The van der Waals surface area contributed by atoms with Gasteiger partial charge in [-0.25, -0.2) is 5.43 Å². The first-order valence-electron chi connectivity index (χ1n) is 10.3. The van der Waals surface area contributed by atoms with Crippen molar-refractivity contribution < 1.29 is 14.3 Å². The van der Waals surface area contributed by atoms with E-state index in [1.165, 1.54) is 11.8 Å². The van der Waals surface area contributed by atoms with E-state index in [1.807, 2.05) is 73.7 Å². The van der Waals surface area contributed by atoms with E-state index in [1.54, 1.807) is 6.21 Å². The first kappa shape index (κ1) is 25.1. The lowest BCUT2D eigenvalue weighted by Crippen LogP contribution is -2.19. The topological polar surface area (TPSA) is 59.9 Å². The molecule has 0 radical (unpaired) electrons. The van der Waals surface area contributed by atoms with Crippen molar-refractivity contribution in [1.82, 2.24) is 5.43 Å². The molecule has 3 rings (SSSR count). The van der Waals surface area contributed by atoms with Gasteiger partial charge in [0.05, 0.1) is 18.6 Å². The van der Waals surface area contributed by atoms with E-state index in [9.17, 15) is 4.79 Å². The van der Waals surface area contributed by atoms with E-state index in [-0.39, 0.29) is 5.91 Å². The Bertz CT molecular complexity index is 1090. The molecule has 0 aliphatic heterocycles. The van der Waals surface area contributed by atoms with E-state index < -0.39 is 0 Å². The maximum absolute atomic E-state index is 12.1. The molecule has 0 atom stereocenters. The Labute approximate surface area is 211 Å². The van der Waals surface area contributed by atoms with Crippen LogP contribution in [-0.4, -0.2) is 24.5 Å². The third-order valence-corrected chi connectivity index (χ3v) is 6.43. The van der Waals surface area contributed by atoms with Crippen molar-refractivity contribution in [2.24, 2.45) is 5.10 Å². The van der Waals surface area contributed by atoms with Crippen LogP contribution in [0.3, 0.4) is 0 Å². The van der Waals surface area contributed by atoms with Gasteiger partial charge in [-0.15, -0.1) is 11.8 Å². The molecule has 0 heterocycles. The molecule has 0 saturated carbocycles. The average Bonchev–Trinajstić information content (AvgIpc) is 2.81. The number of nitrogens with zero attached hydrogens (tertiary/aromatic N) is 1. The minimum absolute atomic E-state index is 0.156. The number of carbonyl (C=O) groups is 1. The smallest absolute Gasteiger partial charge is 0.250 e. The van der Waals surface area contributed by atoms with E-state index >= 15 is 0 Å². The van der Waals surface area contributed by atoms with Crippen molar-refractivity contribution in [2.45, 2.75) is 19.3 Å². The second kappa shape index (κ2) is 13.3. The molecule has 0 spiro atoms. The van der Waals surface area contributed by atoms with Gasteiger partial charge in [-0.05, 0) is 60.0 Å². The zero-order valence-corrected chi connectivity index (χ0v) is 21.3. The van der Waals surface area contributed by atoms with Crippen LogP contribution in [0, 0.1) is 0 Å². The molecule has 0 unspecified atom stereocenters. The predicted octanol–water partition coefficient (Wildman–Crippen LogP) is 6.46. The number of hydrazone groups is 1. The highest BCUT2D eigenvalue weighted by Gasteiger charge is 2.07. The monoisotopic (exact) mass is 546 g/mol. The summed E-state index contributed by atoms with van der Waals surface area (Å²) in [5.74, 6) is 2.16. The lowest BCUT2D eigenvalue weighted by molar-refractivity contribution is -0.118. The molecule has 3 aromatic rings. The van der Waals surface area contributed by atoms with Gasteiger partial charge in [0.25, 0.3) is 0 Å². The highest BCUT2D eigenvalue weighted by Crippen LogP contribution is 2.29. The van der Waals surface area contributed by atoms with Crippen molar-refractivity contribution in [1.29, 1.82) is 0 Å². The van der Waals surface area contributed by atoms with Gasteiger partial charge < -0.3 is 9.47 Å². The van der Waals surface area contributed by atoms with Gasteiger partial charge in [0.1, 0.15) is 6.61 Å². The lowest BCUT2D eigenvalue weighted by Gasteiger charge is -2.12. The maximum Gasteiger partial charge on any atom is 0.250 e. The fourth-order valence-electron chi connectivity index (χ4n) is 2.81. The number of hydrogen-bond donors (Lipinski definition) is 1. The Morgan fingerprint density at radius 1 is 1.09 bits per heavy atom. The number of ether oxygens (including phenoxy) is 2. The second-order valence-corrected chi connectivity index (χ2v) is 9.21. The van der Waals surface area contributed by atoms with E-state index in [2.05, 4.69) is 26.5 Å². The molecule has 5 nitrogen and oxygen atoms in total. The fourth-order valence-corrected chi connectivity index (χ4v) is 4.37. The zero-order valence-electron chi connectivity index (χ0n) is 18.1. The molecule has 0 bridgehead atoms. The molecule has 0 aliphatic carbocycles. The third kappa shape index (κ3) is 8.42. The fraction of sp³-hybridized carbons (Fsp3) is 0.200. The van der Waals surface area contributed by atoms with Crippen LogP contribution < -0.4 is 14.9 Å². The van der Waals surface area contributed by atoms with Gasteiger partial charge in [0.15, 0.2) is 11.5 Å². The van der Waals surface area contributed by atoms with Crippen LogP contribution in [0.1, 0.15) is 23.6 Å². The zero-order chi connectivity index (χ0) is 23.5. The summed E-state index contributed by atoms with van der Waals surface area (Å²) in [5.41, 5.74) is 5.52. The van der Waals surface area contributed by atoms with Crippen LogP contribution in [-0.2, 0) is 17.2 Å². The molecular formula is C25H24BrClN2O3S. The Morgan fingerprint density at radius 3 is 2.64 bits per heavy atom. The molecule has 3 aromatic carbocycles. The van der Waals surface area contributed by atoms with Crippen LogP contribution in [0.4, 0.5) is 0 Å². The normalized spacial score (nSPS) is 10.9. The summed E-state index contributed by atoms with van der Waals surface area (Å²) in [4.78, 5) is 12.1. The number of carbonyl (C=O) groups excluding carboxylic acids is 1. The summed E-state index contributed by atoms with van der Waals surface area (Å²) in [7, 11) is 0. The summed E-state index contributed by atoms with van der Waals surface area (Å²) in [6.45, 7) is 2.82. The van der Waals surface area contributed by atoms with Gasteiger partial charge >= 0.3 is 0 Å². The first-order valence-corrected chi connectivity index (χ1v) is 12.6. The highest BCUT2D eigenvalue weighted by atomic mass is 79.9. The molecular weight excluding hydrogens is 524 g/mol. The standard InChI is InChI=1S/C25H24BrClN2O3S/c1-2-31-24-13-19(9-12-23(24)32-15-18-7-10-21(27)11-8-18)14-28-29-25(30)17-33-16-20-5-3-4-6-22(20)26/h3-14H,2,15-17H2,1H3,(H,29,30)/b28-14-. The summed E-state index contributed by atoms with van der Waals surface area (Å²) < 4.78 is 12.7. The van der Waals surface area contributed by atoms with Crippen molar-refractivity contribution in [3.05, 3.63) is 92.9 Å². The molecule has 172 valence electrons. The van der Waals surface area contributed by atoms with Gasteiger partial charge in [0.2, 0.25) is 5.91 Å². The molecule has 1 amide bonds. The van der Waals surface area contributed by atoms with Crippen molar-refractivity contribution in [3.63, 3.8) is 0 Å². The number of amides is 1. The molecule has 0 fully saturated rings. The summed E-state index contributed by atoms with van der Waals surface area (Å²) in [6.07, 6.45) is 1.59. The highest BCUT2D eigenvalue weighted by molar-refractivity contribution is 9.10. The van der Waals surface area contributed by atoms with Crippen LogP contribution in [0.2, 0.25) is 5.02 Å². The number of rotatable bonds is 11. The van der Waals surface area contributed by atoms with Crippen molar-refractivity contribution >= 4 is 51.4 Å². The van der Waals surface area contributed by atoms with Gasteiger partial charge in [0, 0.05) is 15.2 Å². The van der Waals surface area contributed by atoms with Gasteiger partial charge in [-0.3, -0.25) is 4.79 Å². The van der Waals surface area contributed by atoms with Crippen LogP contribution in [0.15, 0.2) is 76.3 Å². The SMILES string of the molecule is CCOc1cc(/C=N\NC(=O)CSCc2ccccc2Br)ccc1OCc1ccc(Cl)cc1. The largest absolute Gasteiger partial charge is 0.490 e.